The van der Waals surface area contributed by atoms with Crippen molar-refractivity contribution in [2.75, 3.05) is 11.9 Å². The molecule has 0 atom stereocenters. The van der Waals surface area contributed by atoms with E-state index in [9.17, 15) is 13.2 Å². The van der Waals surface area contributed by atoms with Gasteiger partial charge in [0, 0.05) is 13.5 Å². The molecule has 1 aliphatic carbocycles. The summed E-state index contributed by atoms with van der Waals surface area (Å²) in [6.45, 7) is 1.63. The summed E-state index contributed by atoms with van der Waals surface area (Å²) in [5.74, 6) is -0.314. The minimum atomic E-state index is -3.67. The Labute approximate surface area is 121 Å². The van der Waals surface area contributed by atoms with Crippen LogP contribution in [0, 0.1) is 0 Å². The molecule has 1 aromatic rings. The van der Waals surface area contributed by atoms with Crippen LogP contribution in [0.4, 0.5) is 5.13 Å². The molecule has 0 aromatic carbocycles. The number of amides is 1. The van der Waals surface area contributed by atoms with Crippen molar-refractivity contribution in [3.63, 3.8) is 0 Å². The van der Waals surface area contributed by atoms with E-state index in [1.54, 1.807) is 0 Å². The zero-order valence-electron chi connectivity index (χ0n) is 11.0. The van der Waals surface area contributed by atoms with Gasteiger partial charge < -0.3 is 5.32 Å². The Bertz CT molecular complexity index is 621. The van der Waals surface area contributed by atoms with Crippen molar-refractivity contribution in [3.8, 4) is 0 Å². The van der Waals surface area contributed by atoms with Gasteiger partial charge in [0.2, 0.25) is 15.4 Å². The van der Waals surface area contributed by atoms with Gasteiger partial charge in [-0.25, -0.2) is 13.1 Å². The van der Waals surface area contributed by atoms with Crippen LogP contribution in [0.1, 0.15) is 32.6 Å². The van der Waals surface area contributed by atoms with Crippen molar-refractivity contribution in [1.29, 1.82) is 0 Å². The highest BCUT2D eigenvalue weighted by Crippen LogP contribution is 2.21. The first-order valence-electron chi connectivity index (χ1n) is 6.26. The van der Waals surface area contributed by atoms with Gasteiger partial charge in [0.25, 0.3) is 10.0 Å². The molecule has 0 fully saturated rings. The molecule has 7 nitrogen and oxygen atoms in total. The molecule has 0 saturated heterocycles. The van der Waals surface area contributed by atoms with E-state index in [2.05, 4.69) is 26.3 Å². The predicted octanol–water partition coefficient (Wildman–Crippen LogP) is 1.28. The number of nitrogens with zero attached hydrogens (tertiary/aromatic N) is 2. The van der Waals surface area contributed by atoms with Crippen molar-refractivity contribution >= 4 is 32.4 Å². The summed E-state index contributed by atoms with van der Waals surface area (Å²) < 4.78 is 26.4. The molecule has 110 valence electrons. The number of anilines is 1. The summed E-state index contributed by atoms with van der Waals surface area (Å²) in [6, 6.07) is 0. The minimum Gasteiger partial charge on any atom is -0.301 e. The Balaban J connectivity index is 2.00. The highest BCUT2D eigenvalue weighted by molar-refractivity contribution is 7.91. The number of aromatic nitrogens is 2. The van der Waals surface area contributed by atoms with Gasteiger partial charge in [0.05, 0.1) is 0 Å². The van der Waals surface area contributed by atoms with Crippen molar-refractivity contribution in [2.24, 2.45) is 0 Å². The Hall–Kier alpha value is -1.32. The molecule has 0 spiro atoms. The van der Waals surface area contributed by atoms with Gasteiger partial charge in [0.1, 0.15) is 0 Å². The van der Waals surface area contributed by atoms with E-state index >= 15 is 0 Å². The lowest BCUT2D eigenvalue weighted by Gasteiger charge is -2.12. The van der Waals surface area contributed by atoms with Gasteiger partial charge in [-0.3, -0.25) is 4.79 Å². The first-order valence-corrected chi connectivity index (χ1v) is 8.56. The van der Waals surface area contributed by atoms with Gasteiger partial charge in [-0.2, -0.15) is 0 Å². The van der Waals surface area contributed by atoms with Crippen LogP contribution in [0.25, 0.3) is 0 Å². The smallest absolute Gasteiger partial charge is 0.270 e. The lowest BCUT2D eigenvalue weighted by molar-refractivity contribution is -0.114. The lowest BCUT2D eigenvalue weighted by Crippen LogP contribution is -2.26. The molecule has 0 unspecified atom stereocenters. The molecule has 2 rings (SSSR count). The standard InChI is InChI=1S/C11H16N4O3S2/c1-8(16)13-10-14-15-11(19-10)20(17,18)12-7-9-5-3-2-4-6-9/h5,12H,2-4,6-7H2,1H3,(H,13,14,16). The van der Waals surface area contributed by atoms with Crippen LogP contribution < -0.4 is 10.0 Å². The summed E-state index contributed by atoms with van der Waals surface area (Å²) in [5.41, 5.74) is 1.10. The second-order valence-electron chi connectivity index (χ2n) is 4.49. The number of hydrogen-bond donors (Lipinski definition) is 2. The molecular formula is C11H16N4O3S2. The molecular weight excluding hydrogens is 300 g/mol. The van der Waals surface area contributed by atoms with Gasteiger partial charge in [-0.15, -0.1) is 10.2 Å². The maximum atomic E-state index is 12.0. The van der Waals surface area contributed by atoms with E-state index in [1.807, 2.05) is 0 Å². The molecule has 1 aromatic heterocycles. The third kappa shape index (κ3) is 4.09. The second kappa shape index (κ2) is 6.42. The number of rotatable bonds is 5. The third-order valence-corrected chi connectivity index (χ3v) is 5.40. The Morgan fingerprint density at radius 3 is 2.85 bits per heavy atom. The highest BCUT2D eigenvalue weighted by Gasteiger charge is 2.20. The zero-order chi connectivity index (χ0) is 14.6. The quantitative estimate of drug-likeness (QED) is 0.629. The minimum absolute atomic E-state index is 0.141. The molecule has 2 N–H and O–H groups in total. The molecule has 0 bridgehead atoms. The van der Waals surface area contributed by atoms with Crippen molar-refractivity contribution in [3.05, 3.63) is 11.6 Å². The van der Waals surface area contributed by atoms with Crippen LogP contribution in [0.5, 0.6) is 0 Å². The average Bonchev–Trinajstić information content (AvgIpc) is 2.86. The van der Waals surface area contributed by atoms with Crippen molar-refractivity contribution in [1.82, 2.24) is 14.9 Å². The second-order valence-corrected chi connectivity index (χ2v) is 7.41. The predicted molar refractivity (Wildman–Crippen MR) is 76.0 cm³/mol. The first-order chi connectivity index (χ1) is 9.47. The van der Waals surface area contributed by atoms with Gasteiger partial charge in [0.15, 0.2) is 0 Å². The fraction of sp³-hybridized carbons (Fsp3) is 0.545. The molecule has 0 saturated carbocycles. The number of sulfonamides is 1. The number of allylic oxidation sites excluding steroid dienone is 1. The van der Waals surface area contributed by atoms with E-state index in [4.69, 9.17) is 0 Å². The monoisotopic (exact) mass is 316 g/mol. The summed E-state index contributed by atoms with van der Waals surface area (Å²) in [4.78, 5) is 10.9. The normalized spacial score (nSPS) is 15.8. The SMILES string of the molecule is CC(=O)Nc1nnc(S(=O)(=O)NCC2=CCCCC2)s1. The summed E-state index contributed by atoms with van der Waals surface area (Å²) in [5, 5.41) is 9.79. The maximum absolute atomic E-state index is 12.0. The fourth-order valence-corrected chi connectivity index (χ4v) is 3.86. The van der Waals surface area contributed by atoms with Crippen LogP contribution in [0.2, 0.25) is 0 Å². The molecule has 20 heavy (non-hydrogen) atoms. The molecule has 1 amide bonds. The first kappa shape index (κ1) is 15.1. The van der Waals surface area contributed by atoms with Crippen LogP contribution in [-0.4, -0.2) is 31.1 Å². The van der Waals surface area contributed by atoms with E-state index < -0.39 is 10.0 Å². The van der Waals surface area contributed by atoms with Gasteiger partial charge in [-0.1, -0.05) is 23.0 Å². The Morgan fingerprint density at radius 1 is 1.40 bits per heavy atom. The highest BCUT2D eigenvalue weighted by atomic mass is 32.2. The van der Waals surface area contributed by atoms with Crippen molar-refractivity contribution < 1.29 is 13.2 Å². The van der Waals surface area contributed by atoms with E-state index in [1.165, 1.54) is 6.92 Å². The number of carbonyl (C=O) groups excluding carboxylic acids is 1. The average molecular weight is 316 g/mol. The van der Waals surface area contributed by atoms with Crippen LogP contribution in [-0.2, 0) is 14.8 Å². The summed E-state index contributed by atoms with van der Waals surface area (Å²) in [7, 11) is -3.67. The zero-order valence-corrected chi connectivity index (χ0v) is 12.7. The van der Waals surface area contributed by atoms with Gasteiger partial charge in [-0.05, 0) is 25.7 Å². The number of carbonyl (C=O) groups is 1. The van der Waals surface area contributed by atoms with Gasteiger partial charge >= 0.3 is 0 Å². The van der Waals surface area contributed by atoms with Crippen molar-refractivity contribution in [2.45, 2.75) is 36.9 Å². The third-order valence-electron chi connectivity index (χ3n) is 2.79. The maximum Gasteiger partial charge on any atom is 0.270 e. The molecule has 0 radical (unpaired) electrons. The molecule has 0 aliphatic heterocycles. The van der Waals surface area contributed by atoms with E-state index in [-0.39, 0.29) is 15.4 Å². The Kier molecular flexibility index (Phi) is 4.84. The topological polar surface area (TPSA) is 101 Å². The van der Waals surface area contributed by atoms with Crippen LogP contribution >= 0.6 is 11.3 Å². The van der Waals surface area contributed by atoms with Crippen LogP contribution in [0.15, 0.2) is 16.0 Å². The lowest BCUT2D eigenvalue weighted by atomic mass is 10.0. The molecule has 1 heterocycles. The van der Waals surface area contributed by atoms with E-state index in [0.717, 1.165) is 42.6 Å². The number of hydrogen-bond acceptors (Lipinski definition) is 6. The Morgan fingerprint density at radius 2 is 2.20 bits per heavy atom. The molecule has 9 heteroatoms. The van der Waals surface area contributed by atoms with Crippen LogP contribution in [0.3, 0.4) is 0 Å². The number of nitrogens with one attached hydrogen (secondary N) is 2. The van der Waals surface area contributed by atoms with E-state index in [0.29, 0.717) is 6.54 Å². The summed E-state index contributed by atoms with van der Waals surface area (Å²) in [6.07, 6.45) is 6.26. The summed E-state index contributed by atoms with van der Waals surface area (Å²) >= 11 is 0.831. The molecule has 1 aliphatic rings. The fourth-order valence-electron chi connectivity index (χ4n) is 1.83. The largest absolute Gasteiger partial charge is 0.301 e.